The van der Waals surface area contributed by atoms with Crippen molar-refractivity contribution in [2.45, 2.75) is 19.4 Å². The van der Waals surface area contributed by atoms with Gasteiger partial charge < -0.3 is 15.4 Å². The maximum absolute atomic E-state index is 9.30. The third kappa shape index (κ3) is 2.38. The second-order valence-electron chi connectivity index (χ2n) is 3.68. The van der Waals surface area contributed by atoms with Gasteiger partial charge in [-0.2, -0.15) is 4.98 Å². The summed E-state index contributed by atoms with van der Waals surface area (Å²) in [7, 11) is 0. The van der Waals surface area contributed by atoms with E-state index < -0.39 is 0 Å². The lowest BCUT2D eigenvalue weighted by Crippen LogP contribution is -2.06. The molecule has 2 aromatic rings. The number of nitrogens with two attached hydrogens (primary N) is 1. The van der Waals surface area contributed by atoms with Crippen molar-refractivity contribution in [1.82, 2.24) is 10.1 Å². The summed E-state index contributed by atoms with van der Waals surface area (Å²) in [6.07, 6.45) is 0.494. The average molecular weight is 219 g/mol. The Balaban J connectivity index is 2.14. The highest BCUT2D eigenvalue weighted by atomic mass is 16.5. The first kappa shape index (κ1) is 10.6. The van der Waals surface area contributed by atoms with Crippen LogP contribution in [0.25, 0.3) is 0 Å². The van der Waals surface area contributed by atoms with Gasteiger partial charge in [0.15, 0.2) is 5.82 Å². The molecule has 5 nitrogen and oxygen atoms in total. The Morgan fingerprint density at radius 1 is 1.50 bits per heavy atom. The lowest BCUT2D eigenvalue weighted by molar-refractivity contribution is 0.376. The van der Waals surface area contributed by atoms with Crippen LogP contribution in [0, 0.1) is 0 Å². The van der Waals surface area contributed by atoms with Gasteiger partial charge in [0.25, 0.3) is 0 Å². The van der Waals surface area contributed by atoms with Gasteiger partial charge in [0.05, 0.1) is 12.5 Å². The van der Waals surface area contributed by atoms with E-state index >= 15 is 0 Å². The topological polar surface area (TPSA) is 85.2 Å². The van der Waals surface area contributed by atoms with E-state index in [9.17, 15) is 5.11 Å². The van der Waals surface area contributed by atoms with E-state index in [1.807, 2.05) is 6.07 Å². The molecule has 5 heteroatoms. The Bertz CT molecular complexity index is 480. The fourth-order valence-electron chi connectivity index (χ4n) is 1.37. The zero-order chi connectivity index (χ0) is 11.5. The smallest absolute Gasteiger partial charge is 0.231 e. The molecule has 16 heavy (non-hydrogen) atoms. The molecule has 0 saturated carbocycles. The summed E-state index contributed by atoms with van der Waals surface area (Å²) in [5.41, 5.74) is 6.54. The van der Waals surface area contributed by atoms with E-state index in [0.29, 0.717) is 18.1 Å². The average Bonchev–Trinajstić information content (AvgIpc) is 2.66. The molecule has 0 spiro atoms. The van der Waals surface area contributed by atoms with E-state index in [1.165, 1.54) is 0 Å². The van der Waals surface area contributed by atoms with E-state index in [4.69, 9.17) is 10.3 Å². The van der Waals surface area contributed by atoms with E-state index in [2.05, 4.69) is 10.1 Å². The van der Waals surface area contributed by atoms with E-state index in [0.717, 1.165) is 5.56 Å². The van der Waals surface area contributed by atoms with Crippen molar-refractivity contribution in [2.75, 3.05) is 0 Å². The summed E-state index contributed by atoms with van der Waals surface area (Å²) in [5.74, 6) is 1.22. The molecule has 0 radical (unpaired) electrons. The largest absolute Gasteiger partial charge is 0.508 e. The number of aromatic hydroxyl groups is 1. The highest BCUT2D eigenvalue weighted by Gasteiger charge is 2.10. The van der Waals surface area contributed by atoms with Crippen molar-refractivity contribution >= 4 is 0 Å². The molecule has 0 saturated heterocycles. The summed E-state index contributed by atoms with van der Waals surface area (Å²) in [4.78, 5) is 4.15. The number of hydrogen-bond donors (Lipinski definition) is 2. The first-order chi connectivity index (χ1) is 7.65. The summed E-state index contributed by atoms with van der Waals surface area (Å²) in [6, 6.07) is 6.70. The summed E-state index contributed by atoms with van der Waals surface area (Å²) < 4.78 is 5.05. The fourth-order valence-corrected chi connectivity index (χ4v) is 1.37. The van der Waals surface area contributed by atoms with Gasteiger partial charge in [-0.3, -0.25) is 0 Å². The molecular formula is C11H13N3O2. The quantitative estimate of drug-likeness (QED) is 0.814. The Morgan fingerprint density at radius 3 is 2.94 bits per heavy atom. The minimum Gasteiger partial charge on any atom is -0.508 e. The molecular weight excluding hydrogens is 206 g/mol. The van der Waals surface area contributed by atoms with Crippen LogP contribution in [-0.4, -0.2) is 15.2 Å². The van der Waals surface area contributed by atoms with Crippen LogP contribution in [0.3, 0.4) is 0 Å². The second-order valence-corrected chi connectivity index (χ2v) is 3.68. The number of phenolic OH excluding ortho intramolecular Hbond substituents is 1. The van der Waals surface area contributed by atoms with Gasteiger partial charge in [-0.15, -0.1) is 0 Å². The van der Waals surface area contributed by atoms with Gasteiger partial charge in [0, 0.05) is 0 Å². The molecule has 1 heterocycles. The van der Waals surface area contributed by atoms with Crippen molar-refractivity contribution in [3.63, 3.8) is 0 Å². The molecule has 1 unspecified atom stereocenters. The molecule has 0 aliphatic carbocycles. The zero-order valence-corrected chi connectivity index (χ0v) is 8.92. The van der Waals surface area contributed by atoms with Crippen LogP contribution >= 0.6 is 0 Å². The van der Waals surface area contributed by atoms with Crippen LogP contribution < -0.4 is 5.73 Å². The number of benzene rings is 1. The van der Waals surface area contributed by atoms with Gasteiger partial charge >= 0.3 is 0 Å². The SMILES string of the molecule is CC(N)c1noc(Cc2cccc(O)c2)n1. The first-order valence-corrected chi connectivity index (χ1v) is 5.01. The Labute approximate surface area is 92.9 Å². The Morgan fingerprint density at radius 2 is 2.31 bits per heavy atom. The number of hydrogen-bond acceptors (Lipinski definition) is 5. The third-order valence-electron chi connectivity index (χ3n) is 2.16. The van der Waals surface area contributed by atoms with Crippen LogP contribution in [-0.2, 0) is 6.42 Å². The molecule has 1 aromatic heterocycles. The van der Waals surface area contributed by atoms with E-state index in [-0.39, 0.29) is 11.8 Å². The van der Waals surface area contributed by atoms with Crippen molar-refractivity contribution < 1.29 is 9.63 Å². The molecule has 1 aromatic carbocycles. The normalized spacial score (nSPS) is 12.6. The summed E-state index contributed by atoms with van der Waals surface area (Å²) >= 11 is 0. The van der Waals surface area contributed by atoms with Crippen molar-refractivity contribution in [3.8, 4) is 5.75 Å². The number of phenols is 1. The molecule has 2 rings (SSSR count). The Kier molecular flexibility index (Phi) is 2.87. The van der Waals surface area contributed by atoms with Gasteiger partial charge in [0.2, 0.25) is 5.89 Å². The van der Waals surface area contributed by atoms with Gasteiger partial charge in [-0.25, -0.2) is 0 Å². The second kappa shape index (κ2) is 4.32. The number of rotatable bonds is 3. The zero-order valence-electron chi connectivity index (χ0n) is 8.92. The molecule has 0 bridgehead atoms. The van der Waals surface area contributed by atoms with Crippen molar-refractivity contribution in [3.05, 3.63) is 41.5 Å². The third-order valence-corrected chi connectivity index (χ3v) is 2.16. The summed E-state index contributed by atoms with van der Waals surface area (Å²) in [6.45, 7) is 1.79. The number of aromatic nitrogens is 2. The monoisotopic (exact) mass is 219 g/mol. The Hall–Kier alpha value is -1.88. The van der Waals surface area contributed by atoms with Crippen LogP contribution in [0.4, 0.5) is 0 Å². The molecule has 0 aliphatic heterocycles. The van der Waals surface area contributed by atoms with Gasteiger partial charge in [-0.05, 0) is 24.6 Å². The molecule has 0 aliphatic rings. The molecule has 84 valence electrons. The standard InChI is InChI=1S/C11H13N3O2/c1-7(12)11-13-10(16-14-11)6-8-3-2-4-9(15)5-8/h2-5,7,15H,6,12H2,1H3. The highest BCUT2D eigenvalue weighted by Crippen LogP contribution is 2.15. The molecule has 1 atom stereocenters. The first-order valence-electron chi connectivity index (χ1n) is 5.01. The fraction of sp³-hybridized carbons (Fsp3) is 0.273. The van der Waals surface area contributed by atoms with E-state index in [1.54, 1.807) is 25.1 Å². The van der Waals surface area contributed by atoms with Crippen LogP contribution in [0.5, 0.6) is 5.75 Å². The lowest BCUT2D eigenvalue weighted by atomic mass is 10.1. The highest BCUT2D eigenvalue weighted by molar-refractivity contribution is 5.28. The minimum atomic E-state index is -0.235. The lowest BCUT2D eigenvalue weighted by Gasteiger charge is -1.97. The minimum absolute atomic E-state index is 0.226. The predicted octanol–water partition coefficient (Wildman–Crippen LogP) is 1.39. The van der Waals surface area contributed by atoms with Gasteiger partial charge in [-0.1, -0.05) is 17.3 Å². The maximum atomic E-state index is 9.30. The number of nitrogens with zero attached hydrogens (tertiary/aromatic N) is 2. The summed E-state index contributed by atoms with van der Waals surface area (Å²) in [5, 5.41) is 13.1. The molecule has 0 amide bonds. The van der Waals surface area contributed by atoms with Crippen LogP contribution in [0.15, 0.2) is 28.8 Å². The molecule has 3 N–H and O–H groups in total. The van der Waals surface area contributed by atoms with Gasteiger partial charge in [0.1, 0.15) is 5.75 Å². The van der Waals surface area contributed by atoms with Crippen molar-refractivity contribution in [2.24, 2.45) is 5.73 Å². The maximum Gasteiger partial charge on any atom is 0.231 e. The predicted molar refractivity (Wildman–Crippen MR) is 57.8 cm³/mol. The van der Waals surface area contributed by atoms with Crippen molar-refractivity contribution in [1.29, 1.82) is 0 Å². The molecule has 0 fully saturated rings. The van der Waals surface area contributed by atoms with Crippen LogP contribution in [0.1, 0.15) is 30.2 Å². The van der Waals surface area contributed by atoms with Crippen LogP contribution in [0.2, 0.25) is 0 Å².